The van der Waals surface area contributed by atoms with E-state index in [1.165, 1.54) is 0 Å². The Labute approximate surface area is 132 Å². The van der Waals surface area contributed by atoms with E-state index in [4.69, 9.17) is 0 Å². The largest absolute Gasteiger partial charge is 0.480 e. The van der Waals surface area contributed by atoms with Gasteiger partial charge < -0.3 is 10.4 Å². The molecule has 2 rings (SSSR count). The van der Waals surface area contributed by atoms with Crippen molar-refractivity contribution in [1.82, 2.24) is 5.32 Å². The zero-order valence-corrected chi connectivity index (χ0v) is 13.3. The van der Waals surface area contributed by atoms with Gasteiger partial charge in [-0.15, -0.1) is 0 Å². The van der Waals surface area contributed by atoms with Crippen LogP contribution < -0.4 is 5.32 Å². The van der Waals surface area contributed by atoms with E-state index < -0.39 is 12.0 Å². The molecule has 0 radical (unpaired) electrons. The maximum absolute atomic E-state index is 12.0. The SMILES string of the molecule is O=C(N[C@@H](Cc1ccc(I)cc1)C(=O)O)C1CCCC1. The number of benzene rings is 1. The summed E-state index contributed by atoms with van der Waals surface area (Å²) in [5.74, 6) is -1.09. The number of hydrogen-bond acceptors (Lipinski definition) is 2. The Morgan fingerprint density at radius 1 is 1.25 bits per heavy atom. The van der Waals surface area contributed by atoms with Gasteiger partial charge in [0.05, 0.1) is 0 Å². The van der Waals surface area contributed by atoms with E-state index in [-0.39, 0.29) is 11.8 Å². The van der Waals surface area contributed by atoms with Crippen LogP contribution in [0.4, 0.5) is 0 Å². The van der Waals surface area contributed by atoms with E-state index in [0.29, 0.717) is 6.42 Å². The third-order valence-electron chi connectivity index (χ3n) is 3.69. The molecule has 0 saturated heterocycles. The van der Waals surface area contributed by atoms with Crippen molar-refractivity contribution < 1.29 is 14.7 Å². The highest BCUT2D eigenvalue weighted by Crippen LogP contribution is 2.24. The molecule has 5 heteroatoms. The molecule has 1 atom stereocenters. The van der Waals surface area contributed by atoms with Crippen LogP contribution in [0.2, 0.25) is 0 Å². The summed E-state index contributed by atoms with van der Waals surface area (Å²) in [7, 11) is 0. The number of nitrogens with one attached hydrogen (secondary N) is 1. The number of carboxylic acid groups (broad SMARTS) is 1. The minimum absolute atomic E-state index is 0.00595. The molecule has 2 N–H and O–H groups in total. The Balaban J connectivity index is 1.98. The van der Waals surface area contributed by atoms with Crippen LogP contribution in [0.15, 0.2) is 24.3 Å². The second-order valence-electron chi connectivity index (χ2n) is 5.21. The van der Waals surface area contributed by atoms with Crippen LogP contribution in [0, 0.1) is 9.49 Å². The Hall–Kier alpha value is -1.11. The molecule has 1 fully saturated rings. The molecule has 1 aliphatic carbocycles. The lowest BCUT2D eigenvalue weighted by atomic mass is 10.0. The average Bonchev–Trinajstić information content (AvgIpc) is 2.94. The van der Waals surface area contributed by atoms with E-state index in [9.17, 15) is 14.7 Å². The average molecular weight is 387 g/mol. The fraction of sp³-hybridized carbons (Fsp3) is 0.467. The standard InChI is InChI=1S/C15H18INO3/c16-12-7-5-10(6-8-12)9-13(15(19)20)17-14(18)11-3-1-2-4-11/h5-8,11,13H,1-4,9H2,(H,17,18)(H,19,20)/t13-/m0/s1. The van der Waals surface area contributed by atoms with E-state index in [1.54, 1.807) is 0 Å². The number of carboxylic acids is 1. The van der Waals surface area contributed by atoms with Gasteiger partial charge in [0, 0.05) is 15.9 Å². The molecular formula is C15H18INO3. The molecule has 108 valence electrons. The third-order valence-corrected chi connectivity index (χ3v) is 4.41. The fourth-order valence-corrected chi connectivity index (χ4v) is 2.89. The van der Waals surface area contributed by atoms with Gasteiger partial charge in [-0.2, -0.15) is 0 Å². The molecule has 1 aromatic rings. The lowest BCUT2D eigenvalue weighted by Crippen LogP contribution is -2.44. The first-order chi connectivity index (χ1) is 9.56. The van der Waals surface area contributed by atoms with Crippen molar-refractivity contribution in [1.29, 1.82) is 0 Å². The second-order valence-corrected chi connectivity index (χ2v) is 6.46. The summed E-state index contributed by atoms with van der Waals surface area (Å²) in [6.07, 6.45) is 4.20. The number of amides is 1. The smallest absolute Gasteiger partial charge is 0.326 e. The van der Waals surface area contributed by atoms with Crippen molar-refractivity contribution in [3.05, 3.63) is 33.4 Å². The quantitative estimate of drug-likeness (QED) is 0.764. The van der Waals surface area contributed by atoms with Gasteiger partial charge in [0.1, 0.15) is 6.04 Å². The molecule has 4 nitrogen and oxygen atoms in total. The lowest BCUT2D eigenvalue weighted by molar-refractivity contribution is -0.142. The Morgan fingerprint density at radius 3 is 2.40 bits per heavy atom. The highest BCUT2D eigenvalue weighted by molar-refractivity contribution is 14.1. The summed E-state index contributed by atoms with van der Waals surface area (Å²) in [5.41, 5.74) is 0.921. The van der Waals surface area contributed by atoms with Crippen molar-refractivity contribution >= 4 is 34.5 Å². The van der Waals surface area contributed by atoms with Gasteiger partial charge in [-0.1, -0.05) is 25.0 Å². The topological polar surface area (TPSA) is 66.4 Å². The zero-order chi connectivity index (χ0) is 14.5. The van der Waals surface area contributed by atoms with Crippen molar-refractivity contribution in [2.75, 3.05) is 0 Å². The van der Waals surface area contributed by atoms with Crippen LogP contribution in [-0.4, -0.2) is 23.0 Å². The molecule has 1 aliphatic rings. The van der Waals surface area contributed by atoms with Crippen molar-refractivity contribution in [3.63, 3.8) is 0 Å². The van der Waals surface area contributed by atoms with Gasteiger partial charge in [0.25, 0.3) is 0 Å². The van der Waals surface area contributed by atoms with Gasteiger partial charge >= 0.3 is 5.97 Å². The highest BCUT2D eigenvalue weighted by Gasteiger charge is 2.27. The zero-order valence-electron chi connectivity index (χ0n) is 11.1. The third kappa shape index (κ3) is 4.19. The first-order valence-corrected chi connectivity index (χ1v) is 7.92. The summed E-state index contributed by atoms with van der Waals surface area (Å²) in [6, 6.07) is 6.84. The summed E-state index contributed by atoms with van der Waals surface area (Å²) < 4.78 is 1.10. The van der Waals surface area contributed by atoms with Gasteiger partial charge in [-0.05, 0) is 53.1 Å². The molecule has 0 aliphatic heterocycles. The molecule has 20 heavy (non-hydrogen) atoms. The maximum atomic E-state index is 12.0. The summed E-state index contributed by atoms with van der Waals surface area (Å²) >= 11 is 2.20. The summed E-state index contributed by atoms with van der Waals surface area (Å²) in [6.45, 7) is 0. The number of halogens is 1. The summed E-state index contributed by atoms with van der Waals surface area (Å²) in [5, 5.41) is 11.9. The van der Waals surface area contributed by atoms with Crippen LogP contribution in [-0.2, 0) is 16.0 Å². The minimum atomic E-state index is -0.977. The predicted molar refractivity (Wildman–Crippen MR) is 84.4 cm³/mol. The van der Waals surface area contributed by atoms with Crippen LogP contribution in [0.5, 0.6) is 0 Å². The van der Waals surface area contributed by atoms with Crippen molar-refractivity contribution in [2.45, 2.75) is 38.1 Å². The van der Waals surface area contributed by atoms with Gasteiger partial charge in [-0.25, -0.2) is 4.79 Å². The van der Waals surface area contributed by atoms with Crippen LogP contribution >= 0.6 is 22.6 Å². The Bertz CT molecular complexity index is 480. The second kappa shape index (κ2) is 7.06. The maximum Gasteiger partial charge on any atom is 0.326 e. The van der Waals surface area contributed by atoms with Crippen LogP contribution in [0.1, 0.15) is 31.2 Å². The number of carbonyl (C=O) groups excluding carboxylic acids is 1. The molecule has 0 heterocycles. The molecule has 0 aromatic heterocycles. The van der Waals surface area contributed by atoms with E-state index in [2.05, 4.69) is 27.9 Å². The summed E-state index contributed by atoms with van der Waals surface area (Å²) in [4.78, 5) is 23.3. The molecule has 0 bridgehead atoms. The van der Waals surface area contributed by atoms with Crippen LogP contribution in [0.3, 0.4) is 0 Å². The molecular weight excluding hydrogens is 369 g/mol. The lowest BCUT2D eigenvalue weighted by Gasteiger charge is -2.17. The first-order valence-electron chi connectivity index (χ1n) is 6.84. The Kier molecular flexibility index (Phi) is 5.39. The van der Waals surface area contributed by atoms with Crippen LogP contribution in [0.25, 0.3) is 0 Å². The minimum Gasteiger partial charge on any atom is -0.480 e. The Morgan fingerprint density at radius 2 is 1.85 bits per heavy atom. The number of rotatable bonds is 5. The molecule has 1 aromatic carbocycles. The molecule has 0 unspecified atom stereocenters. The first kappa shape index (κ1) is 15.3. The monoisotopic (exact) mass is 387 g/mol. The molecule has 1 saturated carbocycles. The van der Waals surface area contributed by atoms with Gasteiger partial charge in [0.15, 0.2) is 0 Å². The molecule has 0 spiro atoms. The normalized spacial score (nSPS) is 16.9. The number of aliphatic carboxylic acids is 1. The van der Waals surface area contributed by atoms with E-state index in [1.807, 2.05) is 24.3 Å². The number of carbonyl (C=O) groups is 2. The number of hydrogen-bond donors (Lipinski definition) is 2. The van der Waals surface area contributed by atoms with Crippen molar-refractivity contribution in [2.24, 2.45) is 5.92 Å². The van der Waals surface area contributed by atoms with E-state index in [0.717, 1.165) is 34.8 Å². The van der Waals surface area contributed by atoms with Crippen molar-refractivity contribution in [3.8, 4) is 0 Å². The van der Waals surface area contributed by atoms with Gasteiger partial charge in [0.2, 0.25) is 5.91 Å². The van der Waals surface area contributed by atoms with E-state index >= 15 is 0 Å². The predicted octanol–water partition coefficient (Wildman–Crippen LogP) is 2.59. The molecule has 1 amide bonds. The highest BCUT2D eigenvalue weighted by atomic mass is 127. The fourth-order valence-electron chi connectivity index (χ4n) is 2.53. The van der Waals surface area contributed by atoms with Gasteiger partial charge in [-0.3, -0.25) is 4.79 Å².